The van der Waals surface area contributed by atoms with Crippen molar-refractivity contribution in [1.29, 1.82) is 0 Å². The standard InChI is InChI=1S/C9H16N4O/c1-13-5-11-12-9(13)6-2-7(4-10)8(14)3-6/h5-8,14H,2-4,10H2,1H3/t6-,7+,8+/m0/s1. The lowest BCUT2D eigenvalue weighted by molar-refractivity contribution is 0.136. The molecule has 0 bridgehead atoms. The predicted molar refractivity (Wildman–Crippen MR) is 51.5 cm³/mol. The number of aryl methyl sites for hydroxylation is 1. The van der Waals surface area contributed by atoms with Gasteiger partial charge in [0.15, 0.2) is 0 Å². The highest BCUT2D eigenvalue weighted by Gasteiger charge is 2.34. The van der Waals surface area contributed by atoms with Crippen LogP contribution < -0.4 is 5.73 Å². The van der Waals surface area contributed by atoms with Crippen molar-refractivity contribution in [1.82, 2.24) is 14.8 Å². The molecule has 1 aliphatic rings. The van der Waals surface area contributed by atoms with Gasteiger partial charge in [-0.05, 0) is 25.3 Å². The summed E-state index contributed by atoms with van der Waals surface area (Å²) in [6, 6.07) is 0. The molecule has 1 aliphatic carbocycles. The highest BCUT2D eigenvalue weighted by molar-refractivity contribution is 5.02. The molecule has 1 heterocycles. The number of rotatable bonds is 2. The molecule has 0 unspecified atom stereocenters. The molecule has 1 fully saturated rings. The van der Waals surface area contributed by atoms with Gasteiger partial charge in [-0.3, -0.25) is 0 Å². The molecule has 2 rings (SSSR count). The fraction of sp³-hybridized carbons (Fsp3) is 0.778. The molecule has 3 atom stereocenters. The van der Waals surface area contributed by atoms with Gasteiger partial charge in [0.05, 0.1) is 6.10 Å². The Kier molecular flexibility index (Phi) is 2.52. The second-order valence-electron chi connectivity index (χ2n) is 4.03. The van der Waals surface area contributed by atoms with Crippen LogP contribution in [0.2, 0.25) is 0 Å². The molecular formula is C9H16N4O. The van der Waals surface area contributed by atoms with Gasteiger partial charge in [0, 0.05) is 13.0 Å². The summed E-state index contributed by atoms with van der Waals surface area (Å²) in [6.07, 6.45) is 3.09. The molecule has 5 heteroatoms. The minimum Gasteiger partial charge on any atom is -0.393 e. The van der Waals surface area contributed by atoms with Crippen LogP contribution in [0.5, 0.6) is 0 Å². The van der Waals surface area contributed by atoms with Crippen molar-refractivity contribution in [3.8, 4) is 0 Å². The van der Waals surface area contributed by atoms with E-state index in [2.05, 4.69) is 10.2 Å². The first-order valence-electron chi connectivity index (χ1n) is 4.94. The zero-order valence-electron chi connectivity index (χ0n) is 8.30. The quantitative estimate of drug-likeness (QED) is 0.676. The first-order valence-corrected chi connectivity index (χ1v) is 4.94. The fourth-order valence-electron chi connectivity index (χ4n) is 2.23. The van der Waals surface area contributed by atoms with Crippen molar-refractivity contribution in [3.05, 3.63) is 12.2 Å². The third-order valence-electron chi connectivity index (χ3n) is 3.07. The van der Waals surface area contributed by atoms with E-state index < -0.39 is 0 Å². The minimum atomic E-state index is -0.276. The zero-order chi connectivity index (χ0) is 10.1. The lowest BCUT2D eigenvalue weighted by atomic mass is 10.0. The van der Waals surface area contributed by atoms with E-state index in [1.54, 1.807) is 6.33 Å². The Bertz CT molecular complexity index is 312. The number of nitrogens with zero attached hydrogens (tertiary/aromatic N) is 3. The Balaban J connectivity index is 2.12. The van der Waals surface area contributed by atoms with Crippen LogP contribution in [0.4, 0.5) is 0 Å². The van der Waals surface area contributed by atoms with E-state index in [1.165, 1.54) is 0 Å². The molecule has 0 spiro atoms. The van der Waals surface area contributed by atoms with Crippen molar-refractivity contribution in [2.24, 2.45) is 18.7 Å². The number of hydrogen-bond donors (Lipinski definition) is 2. The van der Waals surface area contributed by atoms with Crippen LogP contribution >= 0.6 is 0 Å². The van der Waals surface area contributed by atoms with Crippen molar-refractivity contribution in [2.45, 2.75) is 24.9 Å². The summed E-state index contributed by atoms with van der Waals surface area (Å²) in [7, 11) is 1.93. The Morgan fingerprint density at radius 1 is 1.64 bits per heavy atom. The first-order chi connectivity index (χ1) is 6.72. The normalized spacial score (nSPS) is 32.4. The van der Waals surface area contributed by atoms with E-state index in [0.717, 1.165) is 18.7 Å². The largest absolute Gasteiger partial charge is 0.393 e. The summed E-state index contributed by atoms with van der Waals surface area (Å²) >= 11 is 0. The summed E-state index contributed by atoms with van der Waals surface area (Å²) < 4.78 is 1.91. The van der Waals surface area contributed by atoms with E-state index >= 15 is 0 Å². The molecule has 1 aromatic heterocycles. The van der Waals surface area contributed by atoms with E-state index in [4.69, 9.17) is 5.73 Å². The summed E-state index contributed by atoms with van der Waals surface area (Å²) in [5, 5.41) is 17.6. The van der Waals surface area contributed by atoms with Crippen molar-refractivity contribution in [2.75, 3.05) is 6.54 Å². The lowest BCUT2D eigenvalue weighted by Gasteiger charge is -2.09. The van der Waals surface area contributed by atoms with Gasteiger partial charge >= 0.3 is 0 Å². The number of aromatic nitrogens is 3. The molecule has 0 saturated heterocycles. The van der Waals surface area contributed by atoms with E-state index in [-0.39, 0.29) is 12.0 Å². The van der Waals surface area contributed by atoms with Gasteiger partial charge in [0.25, 0.3) is 0 Å². The molecule has 78 valence electrons. The molecular weight excluding hydrogens is 180 g/mol. The predicted octanol–water partition coefficient (Wildman–Crippen LogP) is -0.372. The number of aliphatic hydroxyl groups is 1. The van der Waals surface area contributed by atoms with Gasteiger partial charge in [-0.2, -0.15) is 0 Å². The highest BCUT2D eigenvalue weighted by atomic mass is 16.3. The molecule has 1 aromatic rings. The van der Waals surface area contributed by atoms with Gasteiger partial charge in [-0.15, -0.1) is 10.2 Å². The smallest absolute Gasteiger partial charge is 0.135 e. The van der Waals surface area contributed by atoms with E-state index in [0.29, 0.717) is 12.5 Å². The van der Waals surface area contributed by atoms with Gasteiger partial charge in [0.1, 0.15) is 12.2 Å². The Hall–Kier alpha value is -0.940. The highest BCUT2D eigenvalue weighted by Crippen LogP contribution is 2.36. The monoisotopic (exact) mass is 196 g/mol. The summed E-state index contributed by atoms with van der Waals surface area (Å²) in [6.45, 7) is 0.551. The fourth-order valence-corrected chi connectivity index (χ4v) is 2.23. The topological polar surface area (TPSA) is 77.0 Å². The lowest BCUT2D eigenvalue weighted by Crippen LogP contribution is -2.21. The second-order valence-corrected chi connectivity index (χ2v) is 4.03. The molecule has 0 aliphatic heterocycles. The molecule has 0 amide bonds. The zero-order valence-corrected chi connectivity index (χ0v) is 8.30. The van der Waals surface area contributed by atoms with Gasteiger partial charge in [-0.1, -0.05) is 0 Å². The van der Waals surface area contributed by atoms with Gasteiger partial charge in [0.2, 0.25) is 0 Å². The van der Waals surface area contributed by atoms with Crippen LogP contribution in [0.15, 0.2) is 6.33 Å². The summed E-state index contributed by atoms with van der Waals surface area (Å²) in [4.78, 5) is 0. The average Bonchev–Trinajstić information content (AvgIpc) is 2.71. The van der Waals surface area contributed by atoms with E-state index in [1.807, 2.05) is 11.6 Å². The first kappa shape index (κ1) is 9.61. The summed E-state index contributed by atoms with van der Waals surface area (Å²) in [5.41, 5.74) is 5.58. The second kappa shape index (κ2) is 3.67. The maximum absolute atomic E-state index is 9.71. The molecule has 1 saturated carbocycles. The van der Waals surface area contributed by atoms with Crippen molar-refractivity contribution >= 4 is 0 Å². The van der Waals surface area contributed by atoms with Crippen LogP contribution in [0.3, 0.4) is 0 Å². The van der Waals surface area contributed by atoms with Crippen LogP contribution in [-0.2, 0) is 7.05 Å². The van der Waals surface area contributed by atoms with Crippen LogP contribution in [0.25, 0.3) is 0 Å². The summed E-state index contributed by atoms with van der Waals surface area (Å²) in [5.74, 6) is 1.49. The van der Waals surface area contributed by atoms with Gasteiger partial charge < -0.3 is 15.4 Å². The average molecular weight is 196 g/mol. The number of hydrogen-bond acceptors (Lipinski definition) is 4. The number of aliphatic hydroxyl groups excluding tert-OH is 1. The molecule has 0 radical (unpaired) electrons. The maximum Gasteiger partial charge on any atom is 0.135 e. The minimum absolute atomic E-state index is 0.219. The maximum atomic E-state index is 9.71. The van der Waals surface area contributed by atoms with Crippen molar-refractivity contribution in [3.63, 3.8) is 0 Å². The van der Waals surface area contributed by atoms with Gasteiger partial charge in [-0.25, -0.2) is 0 Å². The van der Waals surface area contributed by atoms with Crippen LogP contribution in [0.1, 0.15) is 24.6 Å². The van der Waals surface area contributed by atoms with E-state index in [9.17, 15) is 5.11 Å². The Morgan fingerprint density at radius 3 is 2.93 bits per heavy atom. The Morgan fingerprint density at radius 2 is 2.43 bits per heavy atom. The molecule has 0 aromatic carbocycles. The molecule has 3 N–H and O–H groups in total. The van der Waals surface area contributed by atoms with Crippen LogP contribution in [-0.4, -0.2) is 32.5 Å². The third-order valence-corrected chi connectivity index (χ3v) is 3.07. The number of nitrogens with two attached hydrogens (primary N) is 1. The molecule has 14 heavy (non-hydrogen) atoms. The Labute approximate surface area is 82.9 Å². The van der Waals surface area contributed by atoms with Crippen molar-refractivity contribution < 1.29 is 5.11 Å². The third kappa shape index (κ3) is 1.53. The SMILES string of the molecule is Cn1cnnc1[C@H]1C[C@H](CN)[C@H](O)C1. The molecule has 5 nitrogen and oxygen atoms in total. The van der Waals surface area contributed by atoms with Crippen LogP contribution in [0, 0.1) is 5.92 Å².